The van der Waals surface area contributed by atoms with Gasteiger partial charge in [-0.25, -0.2) is 0 Å². The van der Waals surface area contributed by atoms with Gasteiger partial charge in [-0.1, -0.05) is 11.6 Å². The first-order valence-corrected chi connectivity index (χ1v) is 6.21. The molecule has 1 heterocycles. The first kappa shape index (κ1) is 13.5. The van der Waals surface area contributed by atoms with Crippen molar-refractivity contribution in [2.75, 3.05) is 6.54 Å². The van der Waals surface area contributed by atoms with Gasteiger partial charge in [-0.3, -0.25) is 4.68 Å². The van der Waals surface area contributed by atoms with E-state index in [1.54, 1.807) is 0 Å². The Kier molecular flexibility index (Phi) is 4.81. The fraction of sp³-hybridized carbons (Fsp3) is 0.750. The summed E-state index contributed by atoms with van der Waals surface area (Å²) in [6.45, 7) is 10.5. The maximum atomic E-state index is 5.93. The minimum absolute atomic E-state index is 0.214. The van der Waals surface area contributed by atoms with Crippen molar-refractivity contribution in [2.45, 2.75) is 52.6 Å². The zero-order valence-corrected chi connectivity index (χ0v) is 11.4. The van der Waals surface area contributed by atoms with Crippen LogP contribution in [-0.4, -0.2) is 21.9 Å². The van der Waals surface area contributed by atoms with Crippen LogP contribution >= 0.6 is 11.6 Å². The third-order valence-corrected chi connectivity index (χ3v) is 2.73. The first-order chi connectivity index (χ1) is 7.38. The molecule has 4 heteroatoms. The Balaban J connectivity index is 2.16. The van der Waals surface area contributed by atoms with Crippen LogP contribution in [0.15, 0.2) is 6.20 Å². The topological polar surface area (TPSA) is 29.9 Å². The molecule has 1 rings (SSSR count). The zero-order chi connectivity index (χ0) is 12.2. The summed E-state index contributed by atoms with van der Waals surface area (Å²) in [5.74, 6) is 0. The highest BCUT2D eigenvalue weighted by Crippen LogP contribution is 2.12. The second-order valence-corrected chi connectivity index (χ2v) is 5.62. The number of unbranched alkanes of at least 4 members (excludes halogenated alkanes) is 1. The molecular weight excluding hydrogens is 222 g/mol. The third-order valence-electron chi connectivity index (χ3n) is 2.36. The zero-order valence-electron chi connectivity index (χ0n) is 10.7. The van der Waals surface area contributed by atoms with Crippen LogP contribution in [0.5, 0.6) is 0 Å². The Hall–Kier alpha value is -0.540. The lowest BCUT2D eigenvalue weighted by molar-refractivity contribution is 0.411. The molecule has 0 amide bonds. The van der Waals surface area contributed by atoms with Crippen LogP contribution in [-0.2, 0) is 6.54 Å². The Bertz CT molecular complexity index is 306. The third kappa shape index (κ3) is 4.99. The largest absolute Gasteiger partial charge is 0.312 e. The van der Waals surface area contributed by atoms with Crippen LogP contribution in [0.4, 0.5) is 0 Å². The number of halogens is 1. The molecule has 1 N–H and O–H groups in total. The van der Waals surface area contributed by atoms with E-state index >= 15 is 0 Å². The minimum atomic E-state index is 0.214. The van der Waals surface area contributed by atoms with Crippen molar-refractivity contribution in [3.8, 4) is 0 Å². The van der Waals surface area contributed by atoms with Crippen molar-refractivity contribution in [3.05, 3.63) is 16.9 Å². The van der Waals surface area contributed by atoms with Crippen molar-refractivity contribution in [1.82, 2.24) is 15.1 Å². The van der Waals surface area contributed by atoms with Crippen LogP contribution in [0.2, 0.25) is 5.02 Å². The SMILES string of the molecule is Cc1nn(CCCCNC(C)(C)C)cc1Cl. The normalized spacial score (nSPS) is 12.1. The van der Waals surface area contributed by atoms with Crippen LogP contribution in [0, 0.1) is 6.92 Å². The van der Waals surface area contributed by atoms with E-state index in [9.17, 15) is 0 Å². The molecule has 0 spiro atoms. The predicted molar refractivity (Wildman–Crippen MR) is 69.0 cm³/mol. The standard InChI is InChI=1S/C12H22ClN3/c1-10-11(13)9-16(15-10)8-6-5-7-14-12(2,3)4/h9,14H,5-8H2,1-4H3. The summed E-state index contributed by atoms with van der Waals surface area (Å²) >= 11 is 5.93. The highest BCUT2D eigenvalue weighted by Gasteiger charge is 2.07. The molecule has 92 valence electrons. The number of nitrogens with one attached hydrogen (secondary N) is 1. The van der Waals surface area contributed by atoms with E-state index in [4.69, 9.17) is 11.6 Å². The second-order valence-electron chi connectivity index (χ2n) is 5.21. The van der Waals surface area contributed by atoms with Crippen LogP contribution in [0.1, 0.15) is 39.3 Å². The van der Waals surface area contributed by atoms with Gasteiger partial charge in [-0.15, -0.1) is 0 Å². The maximum absolute atomic E-state index is 5.93. The number of hydrogen-bond acceptors (Lipinski definition) is 2. The first-order valence-electron chi connectivity index (χ1n) is 5.83. The second kappa shape index (κ2) is 5.69. The number of nitrogens with zero attached hydrogens (tertiary/aromatic N) is 2. The monoisotopic (exact) mass is 243 g/mol. The van der Waals surface area contributed by atoms with Crippen molar-refractivity contribution in [2.24, 2.45) is 0 Å². The maximum Gasteiger partial charge on any atom is 0.0814 e. The highest BCUT2D eigenvalue weighted by atomic mass is 35.5. The van der Waals surface area contributed by atoms with E-state index in [-0.39, 0.29) is 5.54 Å². The number of hydrogen-bond donors (Lipinski definition) is 1. The lowest BCUT2D eigenvalue weighted by atomic mass is 10.1. The molecule has 0 atom stereocenters. The van der Waals surface area contributed by atoms with Crippen molar-refractivity contribution in [1.29, 1.82) is 0 Å². The number of aryl methyl sites for hydroxylation is 2. The molecule has 0 saturated heterocycles. The average molecular weight is 244 g/mol. The molecule has 0 aliphatic rings. The summed E-state index contributed by atoms with van der Waals surface area (Å²) in [5.41, 5.74) is 1.13. The van der Waals surface area contributed by atoms with Gasteiger partial charge >= 0.3 is 0 Å². The summed E-state index contributed by atoms with van der Waals surface area (Å²) in [5, 5.41) is 8.55. The summed E-state index contributed by atoms with van der Waals surface area (Å²) < 4.78 is 1.93. The van der Waals surface area contributed by atoms with Gasteiger partial charge < -0.3 is 5.32 Å². The Morgan fingerprint density at radius 3 is 2.56 bits per heavy atom. The lowest BCUT2D eigenvalue weighted by Crippen LogP contribution is -2.36. The summed E-state index contributed by atoms with van der Waals surface area (Å²) in [7, 11) is 0. The molecule has 0 aliphatic heterocycles. The molecule has 0 saturated carbocycles. The Labute approximate surface area is 103 Å². The minimum Gasteiger partial charge on any atom is -0.312 e. The number of rotatable bonds is 5. The molecule has 3 nitrogen and oxygen atoms in total. The summed E-state index contributed by atoms with van der Waals surface area (Å²) in [4.78, 5) is 0. The molecule has 0 aromatic carbocycles. The molecule has 1 aromatic heterocycles. The Morgan fingerprint density at radius 1 is 1.38 bits per heavy atom. The highest BCUT2D eigenvalue weighted by molar-refractivity contribution is 6.31. The van der Waals surface area contributed by atoms with Crippen LogP contribution in [0.3, 0.4) is 0 Å². The molecule has 0 unspecified atom stereocenters. The molecular formula is C12H22ClN3. The molecule has 0 radical (unpaired) electrons. The van der Waals surface area contributed by atoms with Crippen LogP contribution in [0.25, 0.3) is 0 Å². The van der Waals surface area contributed by atoms with Gasteiger partial charge in [0.25, 0.3) is 0 Å². The predicted octanol–water partition coefficient (Wildman–Crippen LogP) is 3.01. The van der Waals surface area contributed by atoms with Gasteiger partial charge in [-0.05, 0) is 47.1 Å². The van der Waals surface area contributed by atoms with E-state index in [2.05, 4.69) is 31.2 Å². The molecule has 1 aromatic rings. The quantitative estimate of drug-likeness (QED) is 0.806. The summed E-state index contributed by atoms with van der Waals surface area (Å²) in [6.07, 6.45) is 4.18. The van der Waals surface area contributed by atoms with Gasteiger partial charge in [0.05, 0.1) is 10.7 Å². The van der Waals surface area contributed by atoms with Crippen LogP contribution < -0.4 is 5.32 Å². The molecule has 16 heavy (non-hydrogen) atoms. The average Bonchev–Trinajstić information content (AvgIpc) is 2.44. The van der Waals surface area contributed by atoms with E-state index in [0.29, 0.717) is 0 Å². The van der Waals surface area contributed by atoms with E-state index in [0.717, 1.165) is 36.6 Å². The Morgan fingerprint density at radius 2 is 2.06 bits per heavy atom. The van der Waals surface area contributed by atoms with Gasteiger partial charge in [0.15, 0.2) is 0 Å². The molecule has 0 bridgehead atoms. The van der Waals surface area contributed by atoms with Crippen molar-refractivity contribution < 1.29 is 0 Å². The van der Waals surface area contributed by atoms with Gasteiger partial charge in [0.2, 0.25) is 0 Å². The van der Waals surface area contributed by atoms with Crippen molar-refractivity contribution >= 4 is 11.6 Å². The van der Waals surface area contributed by atoms with E-state index < -0.39 is 0 Å². The fourth-order valence-electron chi connectivity index (χ4n) is 1.47. The van der Waals surface area contributed by atoms with Gasteiger partial charge in [-0.2, -0.15) is 5.10 Å². The van der Waals surface area contributed by atoms with Crippen molar-refractivity contribution in [3.63, 3.8) is 0 Å². The lowest BCUT2D eigenvalue weighted by Gasteiger charge is -2.20. The smallest absolute Gasteiger partial charge is 0.0814 e. The van der Waals surface area contributed by atoms with Gasteiger partial charge in [0.1, 0.15) is 0 Å². The molecule has 0 fully saturated rings. The molecule has 0 aliphatic carbocycles. The van der Waals surface area contributed by atoms with E-state index in [1.165, 1.54) is 0 Å². The number of aromatic nitrogens is 2. The fourth-order valence-corrected chi connectivity index (χ4v) is 1.62. The summed E-state index contributed by atoms with van der Waals surface area (Å²) in [6, 6.07) is 0. The van der Waals surface area contributed by atoms with E-state index in [1.807, 2.05) is 17.8 Å². The van der Waals surface area contributed by atoms with Gasteiger partial charge in [0, 0.05) is 18.3 Å².